The zero-order chi connectivity index (χ0) is 64.2. The minimum atomic E-state index is -4.46. The van der Waals surface area contributed by atoms with Crippen molar-refractivity contribution in [2.24, 2.45) is 0 Å². The Hall–Kier alpha value is -2.55. The molecular weight excluding hydrogens is 1110 g/mol. The van der Waals surface area contributed by atoms with Crippen LogP contribution < -0.4 is 5.32 Å². The Labute approximate surface area is 546 Å². The lowest BCUT2D eigenvalue weighted by Gasteiger charge is -2.27. The predicted octanol–water partition coefficient (Wildman–Crippen LogP) is 24.3. The normalized spacial score (nSPS) is 13.9. The molecule has 0 aliphatic heterocycles. The zero-order valence-electron chi connectivity index (χ0n) is 59.0. The molecule has 0 heterocycles. The van der Waals surface area contributed by atoms with Gasteiger partial charge in [0.2, 0.25) is 5.91 Å². The van der Waals surface area contributed by atoms with Crippen molar-refractivity contribution in [2.75, 3.05) is 40.9 Å². The molecule has 514 valence electrons. The van der Waals surface area contributed by atoms with Gasteiger partial charge >= 0.3 is 13.8 Å². The van der Waals surface area contributed by atoms with E-state index in [1.807, 2.05) is 33.3 Å². The number of allylic oxidation sites excluding steroid dienone is 11. The Morgan fingerprint density at radius 3 is 1.06 bits per heavy atom. The molecule has 0 spiro atoms. The molecule has 0 aromatic heterocycles. The van der Waals surface area contributed by atoms with Gasteiger partial charge in [0.25, 0.3) is 0 Å². The Kier molecular flexibility index (Phi) is 65.4. The van der Waals surface area contributed by atoms with Crippen LogP contribution >= 0.6 is 7.82 Å². The van der Waals surface area contributed by atoms with Gasteiger partial charge in [-0.1, -0.05) is 319 Å². The number of phosphoric acid groups is 1. The number of amides is 1. The monoisotopic (exact) mass is 1250 g/mol. The number of rotatable bonds is 69. The first-order valence-corrected chi connectivity index (χ1v) is 39.3. The molecule has 88 heavy (non-hydrogen) atoms. The molecule has 0 saturated carbocycles. The Morgan fingerprint density at radius 1 is 0.398 bits per heavy atom. The highest BCUT2D eigenvalue weighted by atomic mass is 31.2. The summed E-state index contributed by atoms with van der Waals surface area (Å²) in [5.74, 6) is -0.494. The van der Waals surface area contributed by atoms with Crippen molar-refractivity contribution in [3.05, 3.63) is 72.9 Å². The number of hydrogen-bond donors (Lipinski definition) is 2. The van der Waals surface area contributed by atoms with Crippen molar-refractivity contribution >= 4 is 19.7 Å². The van der Waals surface area contributed by atoms with Crippen LogP contribution in [0.3, 0.4) is 0 Å². The first-order valence-electron chi connectivity index (χ1n) is 37.8. The summed E-state index contributed by atoms with van der Waals surface area (Å²) < 4.78 is 30.9. The molecule has 10 heteroatoms. The Balaban J connectivity index is 4.98. The van der Waals surface area contributed by atoms with E-state index in [1.165, 1.54) is 250 Å². The number of carbonyl (C=O) groups is 2. The molecule has 0 aliphatic carbocycles. The standard InChI is InChI=1S/C78H145N2O7P/c1-7-10-13-16-19-22-25-28-30-32-34-36-38-40-42-44-46-48-50-52-55-58-61-64-67-70-77(81)79-75(74-86-88(83,84)85-73-72-80(4,5)6)76(69-66-63-60-57-54-27-24-21-18-15-12-9-3)87-78(82)71-68-65-62-59-56-53-51-49-47-45-43-41-39-37-35-33-31-29-26-23-20-17-14-11-8-2/h19-20,22-23,28-31,34,36,66,69,75-76H,7-18,21,24-27,32-33,35,37-65,67-68,70-74H2,1-6H3,(H-,79,81,83,84)/p+1/b22-19-,23-20-,30-28-,31-29-,36-34-,69-66+. The minimum absolute atomic E-state index is 0.0395. The molecule has 0 aliphatic rings. The highest BCUT2D eigenvalue weighted by Crippen LogP contribution is 2.43. The summed E-state index contributed by atoms with van der Waals surface area (Å²) in [5, 5.41) is 3.08. The number of carbonyl (C=O) groups excluding carboxylic acids is 2. The van der Waals surface area contributed by atoms with E-state index in [4.69, 9.17) is 13.8 Å². The van der Waals surface area contributed by atoms with E-state index in [0.29, 0.717) is 23.9 Å². The highest BCUT2D eigenvalue weighted by molar-refractivity contribution is 7.47. The largest absolute Gasteiger partial charge is 0.472 e. The summed E-state index contributed by atoms with van der Waals surface area (Å²) >= 11 is 0. The lowest BCUT2D eigenvalue weighted by Crippen LogP contribution is -2.47. The first-order chi connectivity index (χ1) is 42.9. The third-order valence-electron chi connectivity index (χ3n) is 16.9. The summed E-state index contributed by atoms with van der Waals surface area (Å²) in [6, 6.07) is -0.852. The predicted molar refractivity (Wildman–Crippen MR) is 383 cm³/mol. The molecule has 2 N–H and O–H groups in total. The number of phosphoric ester groups is 1. The van der Waals surface area contributed by atoms with Crippen molar-refractivity contribution in [3.63, 3.8) is 0 Å². The fourth-order valence-electron chi connectivity index (χ4n) is 11.0. The van der Waals surface area contributed by atoms with Crippen LogP contribution in [-0.2, 0) is 27.9 Å². The van der Waals surface area contributed by atoms with Gasteiger partial charge in [0.05, 0.1) is 33.8 Å². The maximum atomic E-state index is 13.6. The second-order valence-electron chi connectivity index (χ2n) is 26.8. The van der Waals surface area contributed by atoms with E-state index >= 15 is 0 Å². The van der Waals surface area contributed by atoms with Crippen LogP contribution in [0.25, 0.3) is 0 Å². The highest BCUT2D eigenvalue weighted by Gasteiger charge is 2.30. The molecule has 0 rings (SSSR count). The quantitative estimate of drug-likeness (QED) is 0.0205. The van der Waals surface area contributed by atoms with Crippen LogP contribution in [0.5, 0.6) is 0 Å². The van der Waals surface area contributed by atoms with Crippen molar-refractivity contribution in [3.8, 4) is 0 Å². The van der Waals surface area contributed by atoms with Crippen LogP contribution in [-0.4, -0.2) is 74.3 Å². The van der Waals surface area contributed by atoms with E-state index in [2.05, 4.69) is 86.8 Å². The molecule has 1 amide bonds. The van der Waals surface area contributed by atoms with Gasteiger partial charge in [0.15, 0.2) is 0 Å². The second kappa shape index (κ2) is 67.3. The first kappa shape index (κ1) is 85.5. The van der Waals surface area contributed by atoms with Crippen LogP contribution in [0.4, 0.5) is 0 Å². The van der Waals surface area contributed by atoms with Crippen LogP contribution in [0, 0.1) is 0 Å². The molecule has 0 bridgehead atoms. The van der Waals surface area contributed by atoms with E-state index in [9.17, 15) is 19.0 Å². The Morgan fingerprint density at radius 2 is 0.693 bits per heavy atom. The number of nitrogens with one attached hydrogen (secondary N) is 1. The zero-order valence-corrected chi connectivity index (χ0v) is 59.9. The van der Waals surface area contributed by atoms with Gasteiger partial charge < -0.3 is 19.4 Å². The smallest absolute Gasteiger partial charge is 0.456 e. The van der Waals surface area contributed by atoms with Gasteiger partial charge in [-0.25, -0.2) is 4.57 Å². The summed E-state index contributed by atoms with van der Waals surface area (Å²) in [7, 11) is 1.50. The summed E-state index contributed by atoms with van der Waals surface area (Å²) in [4.78, 5) is 38.0. The van der Waals surface area contributed by atoms with Crippen LogP contribution in [0.1, 0.15) is 361 Å². The van der Waals surface area contributed by atoms with Gasteiger partial charge in [-0.05, 0) is 102 Å². The topological polar surface area (TPSA) is 111 Å². The number of esters is 1. The third-order valence-corrected chi connectivity index (χ3v) is 17.9. The molecule has 0 aromatic carbocycles. The maximum Gasteiger partial charge on any atom is 0.472 e. The van der Waals surface area contributed by atoms with E-state index < -0.39 is 20.0 Å². The molecule has 3 atom stereocenters. The SMILES string of the molecule is CCCCC/C=C\C/C=C\C/C=C\CCCCCCCCCCCCCCC(=O)NC(COP(=O)(O)OCC[N+](C)(C)C)C(/C=C/CCCCCCCCCCCC)OC(=O)CCCCCCCCCCCCCCCCC/C=C\C/C=C\CCCCC. The van der Waals surface area contributed by atoms with Crippen molar-refractivity contribution in [2.45, 2.75) is 373 Å². The van der Waals surface area contributed by atoms with E-state index in [1.54, 1.807) is 0 Å². The van der Waals surface area contributed by atoms with Crippen molar-refractivity contribution < 1.29 is 37.3 Å². The van der Waals surface area contributed by atoms with Gasteiger partial charge in [0, 0.05) is 12.8 Å². The molecule has 0 radical (unpaired) electrons. The number of quaternary nitrogens is 1. The average molecular weight is 1260 g/mol. The van der Waals surface area contributed by atoms with Gasteiger partial charge in [-0.15, -0.1) is 0 Å². The number of likely N-dealkylation sites (N-methyl/N-ethyl adjacent to an activating group) is 1. The van der Waals surface area contributed by atoms with Crippen LogP contribution in [0.2, 0.25) is 0 Å². The van der Waals surface area contributed by atoms with Crippen molar-refractivity contribution in [1.82, 2.24) is 5.32 Å². The lowest BCUT2D eigenvalue weighted by molar-refractivity contribution is -0.870. The van der Waals surface area contributed by atoms with E-state index in [-0.39, 0.29) is 25.1 Å². The molecule has 0 fully saturated rings. The second-order valence-corrected chi connectivity index (χ2v) is 28.3. The molecule has 9 nitrogen and oxygen atoms in total. The summed E-state index contributed by atoms with van der Waals surface area (Å²) in [6.45, 7) is 7.01. The number of unbranched alkanes of at least 4 members (excludes halogenated alkanes) is 43. The number of hydrogen-bond acceptors (Lipinski definition) is 6. The fourth-order valence-corrected chi connectivity index (χ4v) is 11.8. The molecular formula is C78H146N2O7P+. The van der Waals surface area contributed by atoms with Crippen molar-refractivity contribution in [1.29, 1.82) is 0 Å². The Bertz CT molecular complexity index is 1730. The number of ether oxygens (including phenoxy) is 1. The average Bonchev–Trinajstić information content (AvgIpc) is 3.71. The molecule has 0 aromatic rings. The fraction of sp³-hybridized carbons (Fsp3) is 0.821. The van der Waals surface area contributed by atoms with Gasteiger partial charge in [0.1, 0.15) is 19.3 Å². The lowest BCUT2D eigenvalue weighted by atomic mass is 10.0. The third kappa shape index (κ3) is 67.8. The summed E-state index contributed by atoms with van der Waals surface area (Å²) in [5.41, 5.74) is 0. The van der Waals surface area contributed by atoms with Crippen LogP contribution in [0.15, 0.2) is 72.9 Å². The minimum Gasteiger partial charge on any atom is -0.456 e. The summed E-state index contributed by atoms with van der Waals surface area (Å²) in [6.07, 6.45) is 89.2. The van der Waals surface area contributed by atoms with Gasteiger partial charge in [-0.2, -0.15) is 0 Å². The molecule has 3 unspecified atom stereocenters. The van der Waals surface area contributed by atoms with E-state index in [0.717, 1.165) is 77.0 Å². The number of nitrogens with zero attached hydrogens (tertiary/aromatic N) is 1. The molecule has 0 saturated heterocycles. The van der Waals surface area contributed by atoms with Gasteiger partial charge in [-0.3, -0.25) is 18.6 Å². The maximum absolute atomic E-state index is 13.6.